The van der Waals surface area contributed by atoms with E-state index < -0.39 is 0 Å². The van der Waals surface area contributed by atoms with Crippen LogP contribution in [0.2, 0.25) is 0 Å². The largest absolute Gasteiger partial charge is 0.378 e. The molecule has 0 atom stereocenters. The van der Waals surface area contributed by atoms with E-state index in [0.717, 1.165) is 0 Å². The van der Waals surface area contributed by atoms with Crippen molar-refractivity contribution in [3.05, 3.63) is 95.1 Å². The van der Waals surface area contributed by atoms with E-state index in [2.05, 4.69) is 129 Å². The fraction of sp³-hybridized carbons (Fsp3) is 0.207. The molecule has 0 aliphatic heterocycles. The Morgan fingerprint density at radius 3 is 1.59 bits per heavy atom. The van der Waals surface area contributed by atoms with Crippen molar-refractivity contribution in [2.45, 2.75) is 0 Å². The predicted octanol–water partition coefficient (Wildman–Crippen LogP) is 5.39. The molecule has 160 valence electrons. The van der Waals surface area contributed by atoms with Crippen molar-refractivity contribution in [3.8, 4) is 11.1 Å². The Morgan fingerprint density at radius 1 is 0.562 bits per heavy atom. The second-order valence-corrected chi connectivity index (χ2v) is 9.20. The molecule has 5 rings (SSSR count). The molecule has 0 aromatic heterocycles. The molecule has 3 aromatic carbocycles. The zero-order valence-corrected chi connectivity index (χ0v) is 19.8. The van der Waals surface area contributed by atoms with Gasteiger partial charge in [-0.05, 0) is 75.4 Å². The van der Waals surface area contributed by atoms with Crippen LogP contribution in [0.1, 0.15) is 22.3 Å². The molecule has 0 heterocycles. The third-order valence-corrected chi connectivity index (χ3v) is 6.52. The summed E-state index contributed by atoms with van der Waals surface area (Å²) in [7, 11) is 12.6. The first-order valence-corrected chi connectivity index (χ1v) is 11.1. The van der Waals surface area contributed by atoms with Gasteiger partial charge in [0.15, 0.2) is 0 Å². The van der Waals surface area contributed by atoms with Gasteiger partial charge >= 0.3 is 0 Å². The van der Waals surface area contributed by atoms with Crippen LogP contribution < -0.4 is 9.80 Å². The maximum absolute atomic E-state index is 2.33. The van der Waals surface area contributed by atoms with Gasteiger partial charge in [0.1, 0.15) is 14.1 Å². The molecule has 3 nitrogen and oxygen atoms in total. The number of allylic oxidation sites excluding steroid dienone is 3. The van der Waals surface area contributed by atoms with Gasteiger partial charge in [0.05, 0.1) is 5.56 Å². The summed E-state index contributed by atoms with van der Waals surface area (Å²) in [5, 5.41) is 0. The van der Waals surface area contributed by atoms with Gasteiger partial charge in [0.25, 0.3) is 0 Å². The molecular weight excluding hydrogens is 390 g/mol. The molecule has 2 aliphatic carbocycles. The van der Waals surface area contributed by atoms with E-state index >= 15 is 0 Å². The Labute approximate surface area is 191 Å². The van der Waals surface area contributed by atoms with Gasteiger partial charge in [-0.25, -0.2) is 4.58 Å². The van der Waals surface area contributed by atoms with Gasteiger partial charge in [-0.3, -0.25) is 0 Å². The summed E-state index contributed by atoms with van der Waals surface area (Å²) in [5.74, 6) is 0. The van der Waals surface area contributed by atoms with Crippen LogP contribution in [-0.2, 0) is 0 Å². The minimum Gasteiger partial charge on any atom is -0.378 e. The lowest BCUT2D eigenvalue weighted by atomic mass is 9.85. The van der Waals surface area contributed by atoms with E-state index in [1.807, 2.05) is 0 Å². The van der Waals surface area contributed by atoms with Gasteiger partial charge in [0, 0.05) is 45.6 Å². The zero-order chi connectivity index (χ0) is 22.6. The van der Waals surface area contributed by atoms with E-state index in [0.29, 0.717) is 0 Å². The first-order valence-electron chi connectivity index (χ1n) is 11.1. The van der Waals surface area contributed by atoms with Gasteiger partial charge in [0.2, 0.25) is 5.71 Å². The molecule has 3 aromatic rings. The maximum atomic E-state index is 2.33. The highest BCUT2D eigenvalue weighted by Gasteiger charge is 2.30. The molecule has 0 radical (unpaired) electrons. The first kappa shape index (κ1) is 20.3. The molecule has 0 N–H and O–H groups in total. The Balaban J connectivity index is 1.85. The second-order valence-electron chi connectivity index (χ2n) is 9.20. The van der Waals surface area contributed by atoms with Crippen LogP contribution in [0.25, 0.3) is 22.3 Å². The van der Waals surface area contributed by atoms with Crippen molar-refractivity contribution in [2.24, 2.45) is 0 Å². The third kappa shape index (κ3) is 3.08. The average molecular weight is 421 g/mol. The summed E-state index contributed by atoms with van der Waals surface area (Å²) in [5.41, 5.74) is 14.1. The SMILES string of the molecule is CN(C)c1ccc2c(c1)-c1cc(N(C)C)ccc1C2=C1C=CC(=[N+](C)C)c2ccccc21. The van der Waals surface area contributed by atoms with Crippen LogP contribution in [0.3, 0.4) is 0 Å². The number of hydrogen-bond acceptors (Lipinski definition) is 2. The van der Waals surface area contributed by atoms with Crippen LogP contribution in [-0.4, -0.2) is 52.6 Å². The topological polar surface area (TPSA) is 9.49 Å². The molecular formula is C29H30N3+. The molecule has 3 heteroatoms. The Kier molecular flexibility index (Phi) is 4.78. The summed E-state index contributed by atoms with van der Waals surface area (Å²) in [6.07, 6.45) is 4.55. The minimum atomic E-state index is 1.22. The van der Waals surface area contributed by atoms with E-state index in [1.165, 1.54) is 61.6 Å². The molecule has 0 amide bonds. The van der Waals surface area contributed by atoms with Crippen LogP contribution >= 0.6 is 0 Å². The normalized spacial score (nSPS) is 13.6. The van der Waals surface area contributed by atoms with E-state index in [1.54, 1.807) is 0 Å². The summed E-state index contributed by atoms with van der Waals surface area (Å²) < 4.78 is 2.19. The average Bonchev–Trinajstić information content (AvgIpc) is 3.11. The van der Waals surface area contributed by atoms with Gasteiger partial charge in [-0.2, -0.15) is 0 Å². The molecule has 0 saturated carbocycles. The molecule has 0 unspecified atom stereocenters. The van der Waals surface area contributed by atoms with Gasteiger partial charge < -0.3 is 9.80 Å². The van der Waals surface area contributed by atoms with Crippen molar-refractivity contribution in [1.82, 2.24) is 0 Å². The minimum absolute atomic E-state index is 1.22. The lowest BCUT2D eigenvalue weighted by Gasteiger charge is -2.18. The molecule has 0 fully saturated rings. The standard InChI is InChI=1S/C29H30N3/c1-30(2)19-11-13-24-26(17-19)27-18-20(31(3)4)12-14-25(27)29(24)23-15-16-28(32(5)6)22-10-8-7-9-21(22)23/h7-18H,1-6H3/q+1. The number of nitrogens with zero attached hydrogens (tertiary/aromatic N) is 3. The highest BCUT2D eigenvalue weighted by molar-refractivity contribution is 6.20. The van der Waals surface area contributed by atoms with E-state index in [-0.39, 0.29) is 0 Å². The predicted molar refractivity (Wildman–Crippen MR) is 138 cm³/mol. The second kappa shape index (κ2) is 7.52. The van der Waals surface area contributed by atoms with Gasteiger partial charge in [-0.1, -0.05) is 30.3 Å². The number of hydrogen-bond donors (Lipinski definition) is 0. The van der Waals surface area contributed by atoms with Crippen molar-refractivity contribution in [1.29, 1.82) is 0 Å². The van der Waals surface area contributed by atoms with Crippen molar-refractivity contribution in [3.63, 3.8) is 0 Å². The first-order chi connectivity index (χ1) is 15.4. The van der Waals surface area contributed by atoms with Crippen LogP contribution in [0, 0.1) is 0 Å². The molecule has 0 bridgehead atoms. The number of fused-ring (bicyclic) bond motifs is 4. The quantitative estimate of drug-likeness (QED) is 0.402. The summed E-state index contributed by atoms with van der Waals surface area (Å²) in [4.78, 5) is 4.35. The van der Waals surface area contributed by atoms with Crippen molar-refractivity contribution >= 4 is 28.2 Å². The Bertz CT molecular complexity index is 1270. The smallest absolute Gasteiger partial charge is 0.207 e. The maximum Gasteiger partial charge on any atom is 0.207 e. The monoisotopic (exact) mass is 420 g/mol. The lowest BCUT2D eigenvalue weighted by Crippen LogP contribution is -2.17. The number of anilines is 2. The zero-order valence-electron chi connectivity index (χ0n) is 19.8. The lowest BCUT2D eigenvalue weighted by molar-refractivity contribution is -0.463. The van der Waals surface area contributed by atoms with Crippen molar-refractivity contribution in [2.75, 3.05) is 52.1 Å². The van der Waals surface area contributed by atoms with Crippen molar-refractivity contribution < 1.29 is 4.58 Å². The summed E-state index contributed by atoms with van der Waals surface area (Å²) >= 11 is 0. The van der Waals surface area contributed by atoms with E-state index in [9.17, 15) is 0 Å². The Morgan fingerprint density at radius 2 is 1.09 bits per heavy atom. The summed E-state index contributed by atoms with van der Waals surface area (Å²) in [6.45, 7) is 0. The number of benzene rings is 3. The Hall–Kier alpha value is -3.59. The molecule has 0 spiro atoms. The van der Waals surface area contributed by atoms with Gasteiger partial charge in [-0.15, -0.1) is 0 Å². The number of rotatable bonds is 2. The highest BCUT2D eigenvalue weighted by atomic mass is 15.1. The fourth-order valence-electron chi connectivity index (χ4n) is 4.83. The molecule has 2 aliphatic rings. The fourth-order valence-corrected chi connectivity index (χ4v) is 4.83. The third-order valence-electron chi connectivity index (χ3n) is 6.52. The molecule has 32 heavy (non-hydrogen) atoms. The van der Waals surface area contributed by atoms with E-state index in [4.69, 9.17) is 0 Å². The van der Waals surface area contributed by atoms with Crippen LogP contribution in [0.15, 0.2) is 72.8 Å². The summed E-state index contributed by atoms with van der Waals surface area (Å²) in [6, 6.07) is 22.5. The highest BCUT2D eigenvalue weighted by Crippen LogP contribution is 2.50. The van der Waals surface area contributed by atoms with Crippen LogP contribution in [0.5, 0.6) is 0 Å². The van der Waals surface area contributed by atoms with Crippen LogP contribution in [0.4, 0.5) is 11.4 Å². The molecule has 0 saturated heterocycles.